The molecule has 0 spiro atoms. The second-order valence-corrected chi connectivity index (χ2v) is 2.03. The first-order valence-corrected chi connectivity index (χ1v) is 2.32. The lowest BCUT2D eigenvalue weighted by atomic mass is 10.5. The zero-order valence-corrected chi connectivity index (χ0v) is 5.34. The molecule has 0 rings (SSSR count). The van der Waals surface area contributed by atoms with Crippen molar-refractivity contribution in [3.05, 3.63) is 0 Å². The Morgan fingerprint density at radius 3 is 1.88 bits per heavy atom. The lowest BCUT2D eigenvalue weighted by Gasteiger charge is -2.28. The van der Waals surface area contributed by atoms with Gasteiger partial charge in [0.05, 0.1) is 0 Å². The third-order valence-corrected chi connectivity index (χ3v) is 1.08. The van der Waals surface area contributed by atoms with E-state index in [1.165, 1.54) is 11.8 Å². The van der Waals surface area contributed by atoms with Crippen LogP contribution in [0.2, 0.25) is 0 Å². The van der Waals surface area contributed by atoms with E-state index < -0.39 is 5.85 Å². The first-order valence-electron chi connectivity index (χ1n) is 2.32. The first kappa shape index (κ1) is 7.84. The van der Waals surface area contributed by atoms with E-state index in [1.54, 1.807) is 19.6 Å². The minimum absolute atomic E-state index is 1.32. The summed E-state index contributed by atoms with van der Waals surface area (Å²) in [6, 6.07) is 0. The van der Waals surface area contributed by atoms with E-state index in [2.05, 4.69) is 0 Å². The van der Waals surface area contributed by atoms with Crippen LogP contribution < -0.4 is 5.48 Å². The van der Waals surface area contributed by atoms with E-state index in [0.717, 1.165) is 0 Å². The van der Waals surface area contributed by atoms with Crippen LogP contribution in [-0.4, -0.2) is 35.2 Å². The number of hydrogen-bond donors (Lipinski definition) is 3. The minimum Gasteiger partial charge on any atom is -0.361 e. The zero-order chi connectivity index (χ0) is 6.78. The summed E-state index contributed by atoms with van der Waals surface area (Å²) in [6.45, 7) is 1.44. The van der Waals surface area contributed by atoms with Crippen LogP contribution in [0.1, 0.15) is 6.92 Å². The van der Waals surface area contributed by atoms with Crippen LogP contribution in [0.3, 0.4) is 0 Å². The van der Waals surface area contributed by atoms with E-state index in [-0.39, 0.29) is 0 Å². The van der Waals surface area contributed by atoms with Crippen molar-refractivity contribution in [1.29, 1.82) is 0 Å². The number of aliphatic hydroxyl groups is 1. The van der Waals surface area contributed by atoms with Crippen LogP contribution >= 0.6 is 0 Å². The molecule has 0 saturated carbocycles. The number of hydroxylamine groups is 1. The lowest BCUT2D eigenvalue weighted by molar-refractivity contribution is -0.165. The molecule has 0 aromatic heterocycles. The first-order chi connectivity index (χ1) is 3.50. The summed E-state index contributed by atoms with van der Waals surface area (Å²) < 4.78 is 0. The second kappa shape index (κ2) is 2.41. The molecule has 0 radical (unpaired) electrons. The molecule has 0 aliphatic heterocycles. The van der Waals surface area contributed by atoms with Gasteiger partial charge in [-0.3, -0.25) is 4.90 Å². The van der Waals surface area contributed by atoms with Gasteiger partial charge in [0.1, 0.15) is 0 Å². The Labute approximate surface area is 48.7 Å². The summed E-state index contributed by atoms with van der Waals surface area (Å²) in [5, 5.41) is 17.2. The van der Waals surface area contributed by atoms with E-state index in [4.69, 9.17) is 10.3 Å². The number of rotatable bonds is 2. The predicted molar refractivity (Wildman–Crippen MR) is 29.2 cm³/mol. The van der Waals surface area contributed by atoms with Crippen molar-refractivity contribution in [3.8, 4) is 0 Å². The Balaban J connectivity index is 3.71. The molecule has 8 heavy (non-hydrogen) atoms. The minimum atomic E-state index is -1.32. The lowest BCUT2D eigenvalue weighted by Crippen LogP contribution is -2.52. The van der Waals surface area contributed by atoms with E-state index in [9.17, 15) is 0 Å². The van der Waals surface area contributed by atoms with Crippen LogP contribution in [0.5, 0.6) is 0 Å². The maximum absolute atomic E-state index is 8.97. The molecule has 4 nitrogen and oxygen atoms in total. The molecule has 50 valence electrons. The summed E-state index contributed by atoms with van der Waals surface area (Å²) in [5.41, 5.74) is 1.72. The van der Waals surface area contributed by atoms with Gasteiger partial charge in [0, 0.05) is 0 Å². The molecule has 0 aliphatic rings. The van der Waals surface area contributed by atoms with Gasteiger partial charge in [0.15, 0.2) is 5.85 Å². The SMILES string of the molecule is CN(C)C(C)(O)NO. The molecule has 4 heteroatoms. The average molecular weight is 120 g/mol. The summed E-state index contributed by atoms with van der Waals surface area (Å²) in [6.07, 6.45) is 0. The molecule has 3 N–H and O–H groups in total. The zero-order valence-electron chi connectivity index (χ0n) is 5.34. The van der Waals surface area contributed by atoms with Crippen LogP contribution in [0, 0.1) is 0 Å². The van der Waals surface area contributed by atoms with Crippen molar-refractivity contribution in [2.75, 3.05) is 14.1 Å². The van der Waals surface area contributed by atoms with Gasteiger partial charge in [0.2, 0.25) is 0 Å². The van der Waals surface area contributed by atoms with Gasteiger partial charge < -0.3 is 10.3 Å². The smallest absolute Gasteiger partial charge is 0.192 e. The standard InChI is InChI=1S/C4H12N2O2/c1-4(7,5-8)6(2)3/h5,7-8H,1-3H3. The Morgan fingerprint density at radius 2 is 1.88 bits per heavy atom. The Kier molecular flexibility index (Phi) is 2.36. The van der Waals surface area contributed by atoms with Gasteiger partial charge >= 0.3 is 0 Å². The van der Waals surface area contributed by atoms with E-state index in [1.807, 2.05) is 0 Å². The van der Waals surface area contributed by atoms with Crippen molar-refractivity contribution in [2.45, 2.75) is 12.8 Å². The van der Waals surface area contributed by atoms with Crippen LogP contribution in [-0.2, 0) is 0 Å². The van der Waals surface area contributed by atoms with Gasteiger partial charge in [-0.1, -0.05) is 0 Å². The highest BCUT2D eigenvalue weighted by Gasteiger charge is 2.20. The number of hydrogen-bond acceptors (Lipinski definition) is 4. The molecule has 0 amide bonds. The fraction of sp³-hybridized carbons (Fsp3) is 1.00. The highest BCUT2D eigenvalue weighted by atomic mass is 16.5. The maximum atomic E-state index is 8.97. The molecular formula is C4H12N2O2. The van der Waals surface area contributed by atoms with Gasteiger partial charge in [-0.2, -0.15) is 5.48 Å². The van der Waals surface area contributed by atoms with Gasteiger partial charge in [0.25, 0.3) is 0 Å². The molecule has 0 heterocycles. The normalized spacial score (nSPS) is 18.8. The fourth-order valence-corrected chi connectivity index (χ4v) is 0.100. The quantitative estimate of drug-likeness (QED) is 0.329. The average Bonchev–Trinajstić information content (AvgIpc) is 1.67. The monoisotopic (exact) mass is 120 g/mol. The van der Waals surface area contributed by atoms with Crippen molar-refractivity contribution in [1.82, 2.24) is 10.4 Å². The number of nitrogens with zero attached hydrogens (tertiary/aromatic N) is 1. The van der Waals surface area contributed by atoms with Gasteiger partial charge in [-0.15, -0.1) is 0 Å². The van der Waals surface area contributed by atoms with Crippen LogP contribution in [0.4, 0.5) is 0 Å². The Bertz CT molecular complexity index is 72.4. The molecule has 1 atom stereocenters. The topological polar surface area (TPSA) is 55.7 Å². The van der Waals surface area contributed by atoms with E-state index >= 15 is 0 Å². The third kappa shape index (κ3) is 1.75. The maximum Gasteiger partial charge on any atom is 0.192 e. The van der Waals surface area contributed by atoms with Crippen molar-refractivity contribution < 1.29 is 10.3 Å². The molecule has 0 aromatic rings. The molecular weight excluding hydrogens is 108 g/mol. The highest BCUT2D eigenvalue weighted by molar-refractivity contribution is 4.57. The molecule has 0 aromatic carbocycles. The van der Waals surface area contributed by atoms with E-state index in [0.29, 0.717) is 0 Å². The highest BCUT2D eigenvalue weighted by Crippen LogP contribution is 1.97. The largest absolute Gasteiger partial charge is 0.361 e. The second-order valence-electron chi connectivity index (χ2n) is 2.03. The molecule has 0 bridgehead atoms. The van der Waals surface area contributed by atoms with Crippen molar-refractivity contribution in [3.63, 3.8) is 0 Å². The third-order valence-electron chi connectivity index (χ3n) is 1.08. The fourth-order valence-electron chi connectivity index (χ4n) is 0.100. The summed E-state index contributed by atoms with van der Waals surface area (Å²) >= 11 is 0. The molecule has 0 aliphatic carbocycles. The predicted octanol–water partition coefficient (Wildman–Crippen LogP) is -0.807. The van der Waals surface area contributed by atoms with Crippen LogP contribution in [0.25, 0.3) is 0 Å². The Morgan fingerprint density at radius 1 is 1.50 bits per heavy atom. The summed E-state index contributed by atoms with van der Waals surface area (Å²) in [7, 11) is 3.28. The van der Waals surface area contributed by atoms with Crippen LogP contribution in [0.15, 0.2) is 0 Å². The number of nitrogens with one attached hydrogen (secondary N) is 1. The molecule has 1 unspecified atom stereocenters. The summed E-state index contributed by atoms with van der Waals surface area (Å²) in [5.74, 6) is -1.32. The van der Waals surface area contributed by atoms with Gasteiger partial charge in [-0.05, 0) is 21.0 Å². The molecule has 0 saturated heterocycles. The Hall–Kier alpha value is -0.160. The summed E-state index contributed by atoms with van der Waals surface area (Å²) in [4.78, 5) is 1.44. The van der Waals surface area contributed by atoms with Crippen molar-refractivity contribution in [2.24, 2.45) is 0 Å². The molecule has 0 fully saturated rings. The van der Waals surface area contributed by atoms with Crippen molar-refractivity contribution >= 4 is 0 Å². The van der Waals surface area contributed by atoms with Gasteiger partial charge in [-0.25, -0.2) is 0 Å².